The quantitative estimate of drug-likeness (QED) is 0.837. The zero-order valence-electron chi connectivity index (χ0n) is 10.9. The molecule has 1 aromatic rings. The lowest BCUT2D eigenvalue weighted by atomic mass is 10.3. The number of aromatic nitrogens is 1. The Bertz CT molecular complexity index is 480. The number of carbonyl (C=O) groups is 2. The van der Waals surface area contributed by atoms with E-state index < -0.39 is 0 Å². The molecule has 1 heterocycles. The molecule has 6 heteroatoms. The summed E-state index contributed by atoms with van der Waals surface area (Å²) in [5, 5.41) is 5.48. The van der Waals surface area contributed by atoms with Crippen LogP contribution in [0.1, 0.15) is 42.7 Å². The van der Waals surface area contributed by atoms with Crippen LogP contribution in [-0.4, -0.2) is 29.5 Å². The fourth-order valence-electron chi connectivity index (χ4n) is 1.95. The first kappa shape index (κ1) is 14.1. The van der Waals surface area contributed by atoms with Crippen LogP contribution in [0.5, 0.6) is 0 Å². The van der Waals surface area contributed by atoms with Gasteiger partial charge in [0.1, 0.15) is 5.69 Å². The Labute approximate surface area is 120 Å². The highest BCUT2D eigenvalue weighted by molar-refractivity contribution is 9.10. The van der Waals surface area contributed by atoms with Gasteiger partial charge in [0, 0.05) is 36.2 Å². The lowest BCUT2D eigenvalue weighted by Gasteiger charge is -2.08. The van der Waals surface area contributed by atoms with Crippen LogP contribution in [-0.2, 0) is 4.79 Å². The number of nitrogens with zero attached hydrogens (tertiary/aromatic N) is 1. The SMILES string of the molecule is CCNC(=O)CCNC(=O)c1cc(Br)cn1C1CC1. The molecule has 2 rings (SSSR count). The minimum Gasteiger partial charge on any atom is -0.356 e. The summed E-state index contributed by atoms with van der Waals surface area (Å²) in [6.45, 7) is 2.85. The number of carbonyl (C=O) groups excluding carboxylic acids is 2. The Morgan fingerprint density at radius 1 is 1.42 bits per heavy atom. The zero-order valence-corrected chi connectivity index (χ0v) is 12.5. The van der Waals surface area contributed by atoms with E-state index in [-0.39, 0.29) is 11.8 Å². The summed E-state index contributed by atoms with van der Waals surface area (Å²) in [4.78, 5) is 23.3. The van der Waals surface area contributed by atoms with Gasteiger partial charge in [0.25, 0.3) is 5.91 Å². The maximum Gasteiger partial charge on any atom is 0.267 e. The van der Waals surface area contributed by atoms with E-state index in [9.17, 15) is 9.59 Å². The van der Waals surface area contributed by atoms with Crippen LogP contribution >= 0.6 is 15.9 Å². The van der Waals surface area contributed by atoms with E-state index in [4.69, 9.17) is 0 Å². The maximum absolute atomic E-state index is 12.1. The predicted octanol–water partition coefficient (Wildman–Crippen LogP) is 1.84. The molecular weight excluding hydrogens is 310 g/mol. The van der Waals surface area contributed by atoms with Crippen LogP contribution in [0.15, 0.2) is 16.7 Å². The predicted molar refractivity (Wildman–Crippen MR) is 76.0 cm³/mol. The minimum absolute atomic E-state index is 0.0402. The van der Waals surface area contributed by atoms with Gasteiger partial charge in [-0.25, -0.2) is 0 Å². The first-order valence-corrected chi connectivity index (χ1v) is 7.33. The Hall–Kier alpha value is -1.30. The summed E-state index contributed by atoms with van der Waals surface area (Å²) in [6.07, 6.45) is 4.50. The number of hydrogen-bond acceptors (Lipinski definition) is 2. The largest absolute Gasteiger partial charge is 0.356 e. The van der Waals surface area contributed by atoms with E-state index in [0.29, 0.717) is 31.2 Å². The van der Waals surface area contributed by atoms with Gasteiger partial charge in [0.2, 0.25) is 5.91 Å². The van der Waals surface area contributed by atoms with Crippen molar-refractivity contribution in [3.05, 3.63) is 22.4 Å². The number of amides is 2. The molecule has 0 aromatic carbocycles. The third kappa shape index (κ3) is 3.83. The van der Waals surface area contributed by atoms with Crippen molar-refractivity contribution in [1.29, 1.82) is 0 Å². The van der Waals surface area contributed by atoms with Crippen molar-refractivity contribution in [2.75, 3.05) is 13.1 Å². The second-order valence-electron chi connectivity index (χ2n) is 4.64. The standard InChI is InChI=1S/C13H18BrN3O2/c1-2-15-12(18)5-6-16-13(19)11-7-9(14)8-17(11)10-3-4-10/h7-8,10H,2-6H2,1H3,(H,15,18)(H,16,19). The summed E-state index contributed by atoms with van der Waals surface area (Å²) >= 11 is 3.39. The topological polar surface area (TPSA) is 63.1 Å². The number of rotatable bonds is 6. The van der Waals surface area contributed by atoms with Crippen molar-refractivity contribution in [2.24, 2.45) is 0 Å². The molecule has 0 saturated heterocycles. The highest BCUT2D eigenvalue weighted by atomic mass is 79.9. The average Bonchev–Trinajstić information content (AvgIpc) is 3.12. The normalized spacial score (nSPS) is 14.2. The lowest BCUT2D eigenvalue weighted by Crippen LogP contribution is -2.31. The van der Waals surface area contributed by atoms with Crippen molar-refractivity contribution in [3.8, 4) is 0 Å². The highest BCUT2D eigenvalue weighted by Gasteiger charge is 2.27. The molecule has 5 nitrogen and oxygen atoms in total. The van der Waals surface area contributed by atoms with Crippen molar-refractivity contribution < 1.29 is 9.59 Å². The first-order chi connectivity index (χ1) is 9.11. The van der Waals surface area contributed by atoms with Gasteiger partial charge in [-0.05, 0) is 41.8 Å². The molecule has 2 N–H and O–H groups in total. The molecule has 0 unspecified atom stereocenters. The Morgan fingerprint density at radius 2 is 2.16 bits per heavy atom. The molecule has 1 aromatic heterocycles. The number of nitrogens with one attached hydrogen (secondary N) is 2. The molecule has 0 atom stereocenters. The lowest BCUT2D eigenvalue weighted by molar-refractivity contribution is -0.120. The number of halogens is 1. The van der Waals surface area contributed by atoms with Crippen molar-refractivity contribution in [2.45, 2.75) is 32.2 Å². The molecule has 1 saturated carbocycles. The fraction of sp³-hybridized carbons (Fsp3) is 0.538. The minimum atomic E-state index is -0.123. The molecule has 1 aliphatic carbocycles. The summed E-state index contributed by atoms with van der Waals surface area (Å²) in [6, 6.07) is 2.27. The third-order valence-corrected chi connectivity index (χ3v) is 3.43. The van der Waals surface area contributed by atoms with Crippen LogP contribution in [0.3, 0.4) is 0 Å². The third-order valence-electron chi connectivity index (χ3n) is 3.00. The Balaban J connectivity index is 1.87. The maximum atomic E-state index is 12.1. The Morgan fingerprint density at radius 3 is 2.79 bits per heavy atom. The molecule has 19 heavy (non-hydrogen) atoms. The molecule has 1 aliphatic rings. The molecular formula is C13H18BrN3O2. The van der Waals surface area contributed by atoms with E-state index in [0.717, 1.165) is 17.3 Å². The second kappa shape index (κ2) is 6.23. The summed E-state index contributed by atoms with van der Waals surface area (Å²) in [5.41, 5.74) is 0.658. The second-order valence-corrected chi connectivity index (χ2v) is 5.56. The molecule has 1 fully saturated rings. The number of hydrogen-bond donors (Lipinski definition) is 2. The van der Waals surface area contributed by atoms with Gasteiger partial charge in [-0.15, -0.1) is 0 Å². The van der Waals surface area contributed by atoms with Gasteiger partial charge >= 0.3 is 0 Å². The van der Waals surface area contributed by atoms with Gasteiger partial charge in [-0.3, -0.25) is 9.59 Å². The molecule has 0 spiro atoms. The van der Waals surface area contributed by atoms with Gasteiger partial charge in [0.15, 0.2) is 0 Å². The van der Waals surface area contributed by atoms with Crippen molar-refractivity contribution >= 4 is 27.7 Å². The molecule has 0 aliphatic heterocycles. The van der Waals surface area contributed by atoms with Crippen LogP contribution < -0.4 is 10.6 Å². The van der Waals surface area contributed by atoms with Crippen LogP contribution in [0.25, 0.3) is 0 Å². The van der Waals surface area contributed by atoms with Crippen molar-refractivity contribution in [1.82, 2.24) is 15.2 Å². The van der Waals surface area contributed by atoms with Crippen LogP contribution in [0.2, 0.25) is 0 Å². The van der Waals surface area contributed by atoms with E-state index in [1.54, 1.807) is 0 Å². The van der Waals surface area contributed by atoms with Gasteiger partial charge in [-0.2, -0.15) is 0 Å². The zero-order chi connectivity index (χ0) is 13.8. The molecule has 104 valence electrons. The van der Waals surface area contributed by atoms with E-state index >= 15 is 0 Å². The fourth-order valence-corrected chi connectivity index (χ4v) is 2.39. The first-order valence-electron chi connectivity index (χ1n) is 6.54. The van der Waals surface area contributed by atoms with Gasteiger partial charge < -0.3 is 15.2 Å². The van der Waals surface area contributed by atoms with E-state index in [1.807, 2.05) is 23.8 Å². The molecule has 2 amide bonds. The summed E-state index contributed by atoms with van der Waals surface area (Å²) < 4.78 is 2.92. The van der Waals surface area contributed by atoms with Gasteiger partial charge in [-0.1, -0.05) is 0 Å². The molecule has 0 bridgehead atoms. The highest BCUT2D eigenvalue weighted by Crippen LogP contribution is 2.37. The van der Waals surface area contributed by atoms with Crippen molar-refractivity contribution in [3.63, 3.8) is 0 Å². The summed E-state index contributed by atoms with van der Waals surface area (Å²) in [7, 11) is 0. The monoisotopic (exact) mass is 327 g/mol. The van der Waals surface area contributed by atoms with E-state index in [2.05, 4.69) is 26.6 Å². The summed E-state index contributed by atoms with van der Waals surface area (Å²) in [5.74, 6) is -0.163. The van der Waals surface area contributed by atoms with E-state index in [1.165, 1.54) is 0 Å². The average molecular weight is 328 g/mol. The Kier molecular flexibility index (Phi) is 4.63. The van der Waals surface area contributed by atoms with Crippen LogP contribution in [0, 0.1) is 0 Å². The van der Waals surface area contributed by atoms with Gasteiger partial charge in [0.05, 0.1) is 0 Å². The smallest absolute Gasteiger partial charge is 0.267 e. The van der Waals surface area contributed by atoms with Crippen LogP contribution in [0.4, 0.5) is 0 Å². The molecule has 0 radical (unpaired) electrons.